The van der Waals surface area contributed by atoms with E-state index in [1.165, 1.54) is 12.1 Å². The molecular weight excluding hydrogens is 480 g/mol. The Morgan fingerprint density at radius 1 is 0.838 bits per heavy atom. The Bertz CT molecular complexity index is 940. The number of carboxylic acid groups (broad SMARTS) is 1. The summed E-state index contributed by atoms with van der Waals surface area (Å²) in [5, 5.41) is 18.7. The lowest BCUT2D eigenvalue weighted by Crippen LogP contribution is -2.19. The first kappa shape index (κ1) is 32.2. The number of Topliss-reactive ketones (excluding diaryl/α,β-unsaturated/α-hetero) is 1. The van der Waals surface area contributed by atoms with Crippen molar-refractivity contribution in [2.24, 2.45) is 0 Å². The average molecular weight is 525 g/mol. The number of rotatable bonds is 20. The molecule has 0 aliphatic carbocycles. The summed E-state index contributed by atoms with van der Waals surface area (Å²) in [6.45, 7) is 4.15. The number of aromatic hydroxyl groups is 1. The molecule has 0 heterocycles. The molecule has 2 N–H and O–H groups in total. The van der Waals surface area contributed by atoms with Gasteiger partial charge >= 0.3 is 5.97 Å². The lowest BCUT2D eigenvalue weighted by Gasteiger charge is -2.14. The van der Waals surface area contributed by atoms with E-state index in [4.69, 9.17) is 5.11 Å². The maximum atomic E-state index is 12.7. The minimum absolute atomic E-state index is 0.0872. The van der Waals surface area contributed by atoms with E-state index in [9.17, 15) is 14.7 Å². The fourth-order valence-corrected chi connectivity index (χ4v) is 4.74. The Kier molecular flexibility index (Phi) is 18.6. The number of hydrogen-bond acceptors (Lipinski definition) is 4. The fraction of sp³-hybridized carbons (Fsp3) is 0.438. The molecule has 0 saturated heterocycles. The number of phenols is 1. The number of aromatic carboxylic acids is 1. The number of benzene rings is 1. The standard InChI is InChI=1S/C32H44O4S/c1-3-5-6-7-8-9-10-11-12-13-14-15-16-17-18-19-20-21-24-37-31(4-2)30(34)26-27-22-23-29(33)28(25-27)32(35)36/h5-6,8-9,11-12,14-15,17-18,22-23,25,31,33H,3-4,7,10,13,16,19-21,24,26H2,1-2H3,(H,35,36)/b6-5-,9-8-,12-11-,15-14-,18-17-. The van der Waals surface area contributed by atoms with Crippen LogP contribution in [0.5, 0.6) is 5.75 Å². The summed E-state index contributed by atoms with van der Waals surface area (Å²) in [5.74, 6) is -0.434. The van der Waals surface area contributed by atoms with Crippen LogP contribution in [0.3, 0.4) is 0 Å². The molecule has 0 saturated carbocycles. The molecule has 0 fully saturated rings. The van der Waals surface area contributed by atoms with Gasteiger partial charge in [0.1, 0.15) is 17.1 Å². The van der Waals surface area contributed by atoms with Crippen LogP contribution in [-0.4, -0.2) is 33.0 Å². The Labute approximate surface area is 228 Å². The minimum atomic E-state index is -1.19. The Morgan fingerprint density at radius 2 is 1.41 bits per heavy atom. The van der Waals surface area contributed by atoms with Crippen molar-refractivity contribution in [2.45, 2.75) is 83.3 Å². The van der Waals surface area contributed by atoms with Crippen LogP contribution in [0.15, 0.2) is 79.0 Å². The van der Waals surface area contributed by atoms with Gasteiger partial charge in [-0.2, -0.15) is 11.8 Å². The van der Waals surface area contributed by atoms with Crippen LogP contribution < -0.4 is 0 Å². The summed E-state index contributed by atoms with van der Waals surface area (Å²) in [7, 11) is 0. The number of carbonyl (C=O) groups excluding carboxylic acids is 1. The van der Waals surface area contributed by atoms with Gasteiger partial charge in [0, 0.05) is 6.42 Å². The number of carbonyl (C=O) groups is 2. The van der Waals surface area contributed by atoms with E-state index in [0.717, 1.165) is 63.5 Å². The Hall–Kier alpha value is -2.79. The van der Waals surface area contributed by atoms with Crippen LogP contribution in [0.2, 0.25) is 0 Å². The molecule has 5 heteroatoms. The molecule has 1 aromatic rings. The van der Waals surface area contributed by atoms with Crippen LogP contribution in [-0.2, 0) is 11.2 Å². The summed E-state index contributed by atoms with van der Waals surface area (Å²) in [6, 6.07) is 4.34. The van der Waals surface area contributed by atoms with Crippen molar-refractivity contribution in [1.82, 2.24) is 0 Å². The number of thioether (sulfide) groups is 1. The molecule has 0 aliphatic rings. The van der Waals surface area contributed by atoms with Gasteiger partial charge < -0.3 is 10.2 Å². The predicted molar refractivity (Wildman–Crippen MR) is 159 cm³/mol. The van der Waals surface area contributed by atoms with Gasteiger partial charge in [-0.15, -0.1) is 0 Å². The number of unbranched alkanes of at least 4 members (excludes halogenated alkanes) is 2. The average Bonchev–Trinajstić information content (AvgIpc) is 2.88. The van der Waals surface area contributed by atoms with Gasteiger partial charge in [-0.25, -0.2) is 4.79 Å². The van der Waals surface area contributed by atoms with Gasteiger partial charge in [0.25, 0.3) is 0 Å². The van der Waals surface area contributed by atoms with E-state index in [1.807, 2.05) is 6.92 Å². The van der Waals surface area contributed by atoms with E-state index >= 15 is 0 Å². The normalized spacial score (nSPS) is 13.1. The summed E-state index contributed by atoms with van der Waals surface area (Å²) >= 11 is 1.69. The van der Waals surface area contributed by atoms with Crippen molar-refractivity contribution < 1.29 is 19.8 Å². The van der Waals surface area contributed by atoms with Gasteiger partial charge in [0.15, 0.2) is 0 Å². The van der Waals surface area contributed by atoms with E-state index in [0.29, 0.717) is 5.56 Å². The molecule has 1 unspecified atom stereocenters. The highest BCUT2D eigenvalue weighted by Gasteiger charge is 2.18. The van der Waals surface area contributed by atoms with Gasteiger partial charge in [-0.05, 0) is 81.2 Å². The Balaban J connectivity index is 2.15. The first-order chi connectivity index (χ1) is 18.0. The third-order valence-electron chi connectivity index (χ3n) is 5.64. The van der Waals surface area contributed by atoms with Crippen LogP contribution >= 0.6 is 11.8 Å². The maximum Gasteiger partial charge on any atom is 0.339 e. The topological polar surface area (TPSA) is 74.6 Å². The monoisotopic (exact) mass is 524 g/mol. The fourth-order valence-electron chi connectivity index (χ4n) is 3.58. The predicted octanol–water partition coefficient (Wildman–Crippen LogP) is 8.64. The minimum Gasteiger partial charge on any atom is -0.507 e. The number of allylic oxidation sites excluding steroid dienone is 10. The van der Waals surface area contributed by atoms with Crippen LogP contribution in [0, 0.1) is 0 Å². The zero-order chi connectivity index (χ0) is 27.1. The molecule has 1 aromatic carbocycles. The highest BCUT2D eigenvalue weighted by Crippen LogP contribution is 2.22. The molecule has 0 bridgehead atoms. The molecule has 0 spiro atoms. The van der Waals surface area contributed by atoms with Crippen molar-refractivity contribution >= 4 is 23.5 Å². The lowest BCUT2D eigenvalue weighted by molar-refractivity contribution is -0.118. The maximum absolute atomic E-state index is 12.7. The third kappa shape index (κ3) is 15.8. The van der Waals surface area contributed by atoms with Crippen molar-refractivity contribution in [1.29, 1.82) is 0 Å². The molecule has 202 valence electrons. The highest BCUT2D eigenvalue weighted by atomic mass is 32.2. The molecule has 4 nitrogen and oxygen atoms in total. The summed E-state index contributed by atoms with van der Waals surface area (Å²) in [5.41, 5.74) is 0.457. The smallest absolute Gasteiger partial charge is 0.339 e. The summed E-state index contributed by atoms with van der Waals surface area (Å²) in [4.78, 5) is 23.9. The molecule has 37 heavy (non-hydrogen) atoms. The number of hydrogen-bond donors (Lipinski definition) is 2. The zero-order valence-corrected chi connectivity index (χ0v) is 23.3. The van der Waals surface area contributed by atoms with E-state index in [-0.39, 0.29) is 28.8 Å². The van der Waals surface area contributed by atoms with E-state index < -0.39 is 5.97 Å². The first-order valence-electron chi connectivity index (χ1n) is 13.4. The molecular formula is C32H44O4S. The van der Waals surface area contributed by atoms with Gasteiger partial charge in [-0.3, -0.25) is 4.79 Å². The van der Waals surface area contributed by atoms with Gasteiger partial charge in [-0.1, -0.05) is 80.7 Å². The second-order valence-corrected chi connectivity index (χ2v) is 10.1. The summed E-state index contributed by atoms with van der Waals surface area (Å²) < 4.78 is 0. The number of carboxylic acids is 1. The quantitative estimate of drug-likeness (QED) is 0.132. The van der Waals surface area contributed by atoms with Crippen LogP contribution in [0.25, 0.3) is 0 Å². The van der Waals surface area contributed by atoms with Crippen LogP contribution in [0.1, 0.15) is 87.6 Å². The molecule has 1 atom stereocenters. The second-order valence-electron chi connectivity index (χ2n) is 8.77. The highest BCUT2D eigenvalue weighted by molar-refractivity contribution is 8.00. The first-order valence-corrected chi connectivity index (χ1v) is 14.5. The molecule has 0 radical (unpaired) electrons. The van der Waals surface area contributed by atoms with Crippen molar-refractivity contribution in [3.05, 3.63) is 90.1 Å². The third-order valence-corrected chi connectivity index (χ3v) is 7.16. The SMILES string of the molecule is CC/C=C\C/C=C\C/C=C\C/C=C\C/C=C\CCCCSC(CC)C(=O)Cc1ccc(O)c(C(=O)O)c1. The van der Waals surface area contributed by atoms with Crippen molar-refractivity contribution in [3.63, 3.8) is 0 Å². The molecule has 0 amide bonds. The molecule has 0 aliphatic heterocycles. The lowest BCUT2D eigenvalue weighted by atomic mass is 10.0. The largest absolute Gasteiger partial charge is 0.507 e. The molecule has 0 aromatic heterocycles. The molecule has 1 rings (SSSR count). The van der Waals surface area contributed by atoms with E-state index in [2.05, 4.69) is 67.7 Å². The van der Waals surface area contributed by atoms with Crippen molar-refractivity contribution in [3.8, 4) is 5.75 Å². The van der Waals surface area contributed by atoms with Crippen molar-refractivity contribution in [2.75, 3.05) is 5.75 Å². The Morgan fingerprint density at radius 3 is 1.95 bits per heavy atom. The summed E-state index contributed by atoms with van der Waals surface area (Å²) in [6.07, 6.45) is 31.2. The van der Waals surface area contributed by atoms with Crippen LogP contribution in [0.4, 0.5) is 0 Å². The number of ketones is 1. The van der Waals surface area contributed by atoms with Gasteiger partial charge in [0.05, 0.1) is 5.25 Å². The second kappa shape index (κ2) is 21.3. The zero-order valence-electron chi connectivity index (χ0n) is 22.5. The van der Waals surface area contributed by atoms with Gasteiger partial charge in [0.2, 0.25) is 0 Å². The van der Waals surface area contributed by atoms with E-state index in [1.54, 1.807) is 17.8 Å².